The second kappa shape index (κ2) is 9.90. The van der Waals surface area contributed by atoms with Crippen LogP contribution in [0.5, 0.6) is 0 Å². The number of hydrogen-bond acceptors (Lipinski definition) is 6. The van der Waals surface area contributed by atoms with Crippen LogP contribution in [0.15, 0.2) is 91.5 Å². The Bertz CT molecular complexity index is 1920. The van der Waals surface area contributed by atoms with Gasteiger partial charge in [0.2, 0.25) is 0 Å². The molecule has 190 valence electrons. The summed E-state index contributed by atoms with van der Waals surface area (Å²) in [5.41, 5.74) is 8.89. The van der Waals surface area contributed by atoms with Crippen LogP contribution in [0.4, 0.5) is 0 Å². The van der Waals surface area contributed by atoms with Crippen LogP contribution < -0.4 is 5.32 Å². The van der Waals surface area contributed by atoms with E-state index >= 15 is 0 Å². The lowest BCUT2D eigenvalue weighted by molar-refractivity contribution is 0.691. The number of rotatable bonds is 7. The lowest BCUT2D eigenvalue weighted by Crippen LogP contribution is -2.12. The quantitative estimate of drug-likeness (QED) is 0.210. The molecular weight excluding hydrogens is 502 g/mol. The number of fused-ring (bicyclic) bond motifs is 2. The van der Waals surface area contributed by atoms with Crippen LogP contribution in [-0.4, -0.2) is 30.1 Å². The van der Waals surface area contributed by atoms with Gasteiger partial charge in [-0.1, -0.05) is 30.3 Å². The molecule has 0 saturated heterocycles. The van der Waals surface area contributed by atoms with Crippen molar-refractivity contribution in [3.63, 3.8) is 0 Å². The minimum atomic E-state index is 0.726. The van der Waals surface area contributed by atoms with Crippen molar-refractivity contribution < 1.29 is 0 Å². The summed E-state index contributed by atoms with van der Waals surface area (Å²) in [5.74, 6) is 0. The standard InChI is InChI=1S/C31H25N7S/c1-19-7-8-29(39-19)31-23-13-27(36-25(23)9-10-34-31)30-24-12-26(35-18-28(24)37-38-30)22-11-21(16-33-17-22)15-32-14-20-5-3-2-4-6-20/h2-13,16-18,32,36H,14-15H2,1H3,(H,37,38). The van der Waals surface area contributed by atoms with E-state index in [0.717, 1.165) is 73.7 Å². The van der Waals surface area contributed by atoms with E-state index in [2.05, 4.69) is 92.0 Å². The van der Waals surface area contributed by atoms with Gasteiger partial charge in [0.1, 0.15) is 5.69 Å². The van der Waals surface area contributed by atoms with Crippen LogP contribution in [0.2, 0.25) is 0 Å². The minimum absolute atomic E-state index is 0.726. The molecule has 7 nitrogen and oxygen atoms in total. The highest BCUT2D eigenvalue weighted by molar-refractivity contribution is 7.15. The molecule has 0 unspecified atom stereocenters. The number of nitrogens with zero attached hydrogens (tertiary/aromatic N) is 4. The van der Waals surface area contributed by atoms with E-state index in [1.165, 1.54) is 10.4 Å². The van der Waals surface area contributed by atoms with E-state index in [-0.39, 0.29) is 0 Å². The summed E-state index contributed by atoms with van der Waals surface area (Å²) in [6.45, 7) is 3.65. The first kappa shape index (κ1) is 23.5. The summed E-state index contributed by atoms with van der Waals surface area (Å²) in [7, 11) is 0. The summed E-state index contributed by atoms with van der Waals surface area (Å²) < 4.78 is 0. The molecule has 0 aliphatic carbocycles. The molecule has 0 saturated carbocycles. The average Bonchev–Trinajstić information content (AvgIpc) is 3.71. The minimum Gasteiger partial charge on any atom is -0.353 e. The maximum atomic E-state index is 4.70. The molecule has 7 rings (SSSR count). The maximum absolute atomic E-state index is 4.70. The van der Waals surface area contributed by atoms with Gasteiger partial charge in [-0.2, -0.15) is 5.10 Å². The molecule has 39 heavy (non-hydrogen) atoms. The summed E-state index contributed by atoms with van der Waals surface area (Å²) in [6.07, 6.45) is 7.45. The molecule has 8 heteroatoms. The number of aryl methyl sites for hydroxylation is 1. The Labute approximate surface area is 229 Å². The Kier molecular flexibility index (Phi) is 5.96. The van der Waals surface area contributed by atoms with E-state index < -0.39 is 0 Å². The van der Waals surface area contributed by atoms with Gasteiger partial charge in [-0.25, -0.2) is 0 Å². The van der Waals surface area contributed by atoms with E-state index in [1.54, 1.807) is 11.3 Å². The predicted octanol–water partition coefficient (Wildman–Crippen LogP) is 6.89. The molecule has 3 N–H and O–H groups in total. The molecule has 0 aliphatic heterocycles. The van der Waals surface area contributed by atoms with E-state index in [1.807, 2.05) is 36.9 Å². The summed E-state index contributed by atoms with van der Waals surface area (Å²) in [5, 5.41) is 13.4. The zero-order valence-corrected chi connectivity index (χ0v) is 22.1. The highest BCUT2D eigenvalue weighted by atomic mass is 32.1. The Balaban J connectivity index is 1.20. The lowest BCUT2D eigenvalue weighted by atomic mass is 10.1. The predicted molar refractivity (Wildman–Crippen MR) is 157 cm³/mol. The number of benzene rings is 1. The Morgan fingerprint density at radius 1 is 0.795 bits per heavy atom. The second-order valence-electron chi connectivity index (χ2n) is 9.57. The van der Waals surface area contributed by atoms with Gasteiger partial charge in [0.05, 0.1) is 33.7 Å². The SMILES string of the molecule is Cc1ccc(-c2nccc3[nH]c(-c4n[nH]c5cnc(-c6cncc(CNCc7ccccc7)c6)cc45)cc23)s1. The van der Waals surface area contributed by atoms with Crippen LogP contribution >= 0.6 is 11.3 Å². The van der Waals surface area contributed by atoms with Crippen LogP contribution in [0.3, 0.4) is 0 Å². The molecule has 0 spiro atoms. The number of H-pyrrole nitrogens is 2. The molecule has 6 heterocycles. The number of nitrogens with one attached hydrogen (secondary N) is 3. The molecule has 0 bridgehead atoms. The van der Waals surface area contributed by atoms with Gasteiger partial charge >= 0.3 is 0 Å². The van der Waals surface area contributed by atoms with Crippen LogP contribution in [0.1, 0.15) is 16.0 Å². The van der Waals surface area contributed by atoms with Crippen molar-refractivity contribution in [3.8, 4) is 33.2 Å². The van der Waals surface area contributed by atoms with Crippen molar-refractivity contribution in [2.24, 2.45) is 0 Å². The molecule has 0 aliphatic rings. The molecule has 1 aromatic carbocycles. The van der Waals surface area contributed by atoms with Crippen molar-refractivity contribution in [2.75, 3.05) is 0 Å². The third kappa shape index (κ3) is 4.60. The molecule has 6 aromatic heterocycles. The van der Waals surface area contributed by atoms with Crippen LogP contribution in [-0.2, 0) is 13.1 Å². The molecule has 0 atom stereocenters. The summed E-state index contributed by atoms with van der Waals surface area (Å²) >= 11 is 1.75. The van der Waals surface area contributed by atoms with Crippen molar-refractivity contribution in [1.82, 2.24) is 35.5 Å². The van der Waals surface area contributed by atoms with Crippen molar-refractivity contribution >= 4 is 33.1 Å². The first-order valence-electron chi connectivity index (χ1n) is 12.8. The fourth-order valence-corrected chi connectivity index (χ4v) is 5.77. The van der Waals surface area contributed by atoms with Crippen molar-refractivity contribution in [3.05, 3.63) is 108 Å². The topological polar surface area (TPSA) is 95.2 Å². The van der Waals surface area contributed by atoms with Gasteiger partial charge < -0.3 is 10.3 Å². The van der Waals surface area contributed by atoms with Gasteiger partial charge in [-0.05, 0) is 54.4 Å². The molecule has 0 radical (unpaired) electrons. The van der Waals surface area contributed by atoms with E-state index in [4.69, 9.17) is 4.98 Å². The number of thiophene rings is 1. The number of hydrogen-bond donors (Lipinski definition) is 3. The fraction of sp³-hybridized carbons (Fsp3) is 0.0968. The molecule has 7 aromatic rings. The Morgan fingerprint density at radius 3 is 2.54 bits per heavy atom. The molecule has 0 fully saturated rings. The van der Waals surface area contributed by atoms with Gasteiger partial charge in [0.15, 0.2) is 0 Å². The maximum Gasteiger partial charge on any atom is 0.116 e. The van der Waals surface area contributed by atoms with Crippen LogP contribution in [0.25, 0.3) is 55.0 Å². The Hall–Kier alpha value is -4.66. The van der Waals surface area contributed by atoms with E-state index in [9.17, 15) is 0 Å². The number of aromatic amines is 2. The third-order valence-electron chi connectivity index (χ3n) is 6.82. The van der Waals surface area contributed by atoms with Gasteiger partial charge in [-0.3, -0.25) is 20.1 Å². The monoisotopic (exact) mass is 527 g/mol. The fourth-order valence-electron chi connectivity index (χ4n) is 4.89. The zero-order chi connectivity index (χ0) is 26.2. The smallest absolute Gasteiger partial charge is 0.116 e. The Morgan fingerprint density at radius 2 is 1.67 bits per heavy atom. The first-order chi connectivity index (χ1) is 19.2. The zero-order valence-electron chi connectivity index (χ0n) is 21.3. The third-order valence-corrected chi connectivity index (χ3v) is 7.82. The normalized spacial score (nSPS) is 11.5. The van der Waals surface area contributed by atoms with Gasteiger partial charge in [0.25, 0.3) is 0 Å². The average molecular weight is 528 g/mol. The first-order valence-corrected chi connectivity index (χ1v) is 13.6. The van der Waals surface area contributed by atoms with Crippen LogP contribution in [0, 0.1) is 6.92 Å². The van der Waals surface area contributed by atoms with Crippen molar-refractivity contribution in [2.45, 2.75) is 20.0 Å². The lowest BCUT2D eigenvalue weighted by Gasteiger charge is -2.07. The van der Waals surface area contributed by atoms with E-state index in [0.29, 0.717) is 0 Å². The summed E-state index contributed by atoms with van der Waals surface area (Å²) in [6, 6.07) is 23.0. The second-order valence-corrected chi connectivity index (χ2v) is 10.9. The molecule has 0 amide bonds. The van der Waals surface area contributed by atoms with Gasteiger partial charge in [0, 0.05) is 58.4 Å². The highest BCUT2D eigenvalue weighted by Gasteiger charge is 2.16. The van der Waals surface area contributed by atoms with Crippen molar-refractivity contribution in [1.29, 1.82) is 0 Å². The van der Waals surface area contributed by atoms with Gasteiger partial charge in [-0.15, -0.1) is 11.3 Å². The summed E-state index contributed by atoms with van der Waals surface area (Å²) in [4.78, 5) is 19.9. The molecular formula is C31H25N7S. The highest BCUT2D eigenvalue weighted by Crippen LogP contribution is 2.35. The largest absolute Gasteiger partial charge is 0.353 e. The number of aromatic nitrogens is 6. The number of pyridine rings is 3.